The van der Waals surface area contributed by atoms with Crippen LogP contribution in [0.3, 0.4) is 0 Å². The van der Waals surface area contributed by atoms with Crippen LogP contribution in [0.25, 0.3) is 10.9 Å². The van der Waals surface area contributed by atoms with Crippen LogP contribution < -0.4 is 5.32 Å². The molecule has 0 bridgehead atoms. The number of piperidine rings is 1. The minimum absolute atomic E-state index is 0.738. The fraction of sp³-hybridized carbons (Fsp3) is 0.700. The molecule has 1 aliphatic rings. The zero-order valence-corrected chi connectivity index (χ0v) is 26.2. The summed E-state index contributed by atoms with van der Waals surface area (Å²) >= 11 is 12.9. The Morgan fingerprint density at radius 3 is 2.03 bits per heavy atom. The molecule has 1 aliphatic heterocycles. The lowest BCUT2D eigenvalue weighted by molar-refractivity contribution is 0.224. The summed E-state index contributed by atoms with van der Waals surface area (Å²) in [7, 11) is 0. The number of alkyl halides is 2. The first-order chi connectivity index (χ1) is 17.7. The van der Waals surface area contributed by atoms with E-state index in [1.54, 1.807) is 0 Å². The molecular formula is C30H48Br2ClN3. The molecule has 2 heterocycles. The van der Waals surface area contributed by atoms with Gasteiger partial charge in [0.25, 0.3) is 0 Å². The average Bonchev–Trinajstić information content (AvgIpc) is 2.90. The van der Waals surface area contributed by atoms with Crippen molar-refractivity contribution in [2.45, 2.75) is 96.3 Å². The van der Waals surface area contributed by atoms with E-state index in [4.69, 9.17) is 11.6 Å². The third-order valence-corrected chi connectivity index (χ3v) is 8.24. The second-order valence-electron chi connectivity index (χ2n) is 9.97. The van der Waals surface area contributed by atoms with Crippen molar-refractivity contribution in [2.24, 2.45) is 0 Å². The van der Waals surface area contributed by atoms with Gasteiger partial charge in [-0.25, -0.2) is 0 Å². The molecular weight excluding hydrogens is 598 g/mol. The van der Waals surface area contributed by atoms with Crippen molar-refractivity contribution < 1.29 is 0 Å². The lowest BCUT2D eigenvalue weighted by atomic mass is 10.1. The highest BCUT2D eigenvalue weighted by Gasteiger charge is 2.08. The zero-order chi connectivity index (χ0) is 25.7. The van der Waals surface area contributed by atoms with Crippen LogP contribution >= 0.6 is 43.5 Å². The number of halogens is 3. The van der Waals surface area contributed by atoms with Crippen molar-refractivity contribution in [3.8, 4) is 0 Å². The summed E-state index contributed by atoms with van der Waals surface area (Å²) in [6.07, 6.45) is 22.5. The highest BCUT2D eigenvalue weighted by atomic mass is 79.9. The number of hydrogen-bond acceptors (Lipinski definition) is 3. The summed E-state index contributed by atoms with van der Waals surface area (Å²) in [5.41, 5.74) is 2.12. The summed E-state index contributed by atoms with van der Waals surface area (Å²) in [6.45, 7) is 5.01. The lowest BCUT2D eigenvalue weighted by Crippen LogP contribution is -2.30. The van der Waals surface area contributed by atoms with E-state index in [-0.39, 0.29) is 0 Å². The van der Waals surface area contributed by atoms with Crippen molar-refractivity contribution in [1.29, 1.82) is 0 Å². The number of likely N-dealkylation sites (tertiary alicyclic amines) is 1. The molecule has 6 heteroatoms. The van der Waals surface area contributed by atoms with Crippen LogP contribution in [0.4, 0.5) is 5.69 Å². The van der Waals surface area contributed by atoms with Crippen molar-refractivity contribution in [1.82, 2.24) is 9.88 Å². The number of pyridine rings is 1. The number of nitrogens with zero attached hydrogens (tertiary/aromatic N) is 2. The van der Waals surface area contributed by atoms with Gasteiger partial charge < -0.3 is 10.2 Å². The fourth-order valence-electron chi connectivity index (χ4n) is 4.75. The monoisotopic (exact) mass is 643 g/mol. The van der Waals surface area contributed by atoms with E-state index in [1.165, 1.54) is 127 Å². The van der Waals surface area contributed by atoms with Crippen molar-refractivity contribution >= 4 is 60.1 Å². The Morgan fingerprint density at radius 2 is 1.36 bits per heavy atom. The largest absolute Gasteiger partial charge is 0.384 e. The van der Waals surface area contributed by atoms with Gasteiger partial charge in [0.1, 0.15) is 0 Å². The second-order valence-corrected chi connectivity index (χ2v) is 12.0. The standard InChI is InChI=1S/C22H32ClN3.C8H16Br2/c23-19-10-11-20-21(12-14-25-22(20)18-19)24-13-6-3-1-2-4-7-15-26-16-8-5-9-17-26;9-7-5-3-1-2-4-6-8-10/h10-12,14,18H,1-9,13,15-17H2,(H,24,25);1-8H2. The molecule has 1 fully saturated rings. The topological polar surface area (TPSA) is 28.2 Å². The Hall–Kier alpha value is -0.360. The first-order valence-corrected chi connectivity index (χ1v) is 17.0. The number of hydrogen-bond donors (Lipinski definition) is 1. The van der Waals surface area contributed by atoms with Gasteiger partial charge in [-0.3, -0.25) is 4.98 Å². The third-order valence-electron chi connectivity index (χ3n) is 6.89. The molecule has 204 valence electrons. The number of fused-ring (bicyclic) bond motifs is 1. The van der Waals surface area contributed by atoms with E-state index in [2.05, 4.69) is 59.2 Å². The van der Waals surface area contributed by atoms with E-state index in [0.717, 1.165) is 28.2 Å². The van der Waals surface area contributed by atoms with Crippen LogP contribution in [0, 0.1) is 0 Å². The smallest absolute Gasteiger partial charge is 0.0737 e. The molecule has 2 aromatic rings. The Labute approximate surface area is 242 Å². The molecule has 1 aromatic carbocycles. The van der Waals surface area contributed by atoms with Gasteiger partial charge in [0, 0.05) is 39.5 Å². The van der Waals surface area contributed by atoms with Crippen LogP contribution in [-0.4, -0.2) is 46.7 Å². The van der Waals surface area contributed by atoms with Crippen LogP contribution in [0.5, 0.6) is 0 Å². The first-order valence-electron chi connectivity index (χ1n) is 14.4. The Morgan fingerprint density at radius 1 is 0.750 bits per heavy atom. The predicted molar refractivity (Wildman–Crippen MR) is 169 cm³/mol. The minimum Gasteiger partial charge on any atom is -0.384 e. The van der Waals surface area contributed by atoms with E-state index in [9.17, 15) is 0 Å². The van der Waals surface area contributed by atoms with Gasteiger partial charge in [-0.2, -0.15) is 0 Å². The normalized spacial score (nSPS) is 14.0. The van der Waals surface area contributed by atoms with Gasteiger partial charge >= 0.3 is 0 Å². The molecule has 0 atom stereocenters. The number of nitrogens with one attached hydrogen (secondary N) is 1. The number of rotatable bonds is 17. The van der Waals surface area contributed by atoms with Crippen LogP contribution in [0.2, 0.25) is 5.02 Å². The van der Waals surface area contributed by atoms with Crippen molar-refractivity contribution in [2.75, 3.05) is 42.2 Å². The number of anilines is 1. The molecule has 3 nitrogen and oxygen atoms in total. The van der Waals surface area contributed by atoms with E-state index < -0.39 is 0 Å². The lowest BCUT2D eigenvalue weighted by Gasteiger charge is -2.26. The second kappa shape index (κ2) is 21.6. The maximum Gasteiger partial charge on any atom is 0.0737 e. The Balaban J connectivity index is 0.000000388. The summed E-state index contributed by atoms with van der Waals surface area (Å²) < 4.78 is 0. The molecule has 0 aliphatic carbocycles. The molecule has 0 amide bonds. The third kappa shape index (κ3) is 14.5. The van der Waals surface area contributed by atoms with E-state index >= 15 is 0 Å². The SMILES string of the molecule is BrCCCCCCCCBr.Clc1ccc2c(NCCCCCCCCN3CCCCC3)ccnc2c1. The molecule has 1 N–H and O–H groups in total. The maximum atomic E-state index is 6.05. The van der Waals surface area contributed by atoms with Crippen LogP contribution in [-0.2, 0) is 0 Å². The zero-order valence-electron chi connectivity index (χ0n) is 22.3. The number of benzene rings is 1. The summed E-state index contributed by atoms with van der Waals surface area (Å²) in [6, 6.07) is 7.96. The van der Waals surface area contributed by atoms with Crippen molar-refractivity contribution in [3.05, 3.63) is 35.5 Å². The summed E-state index contributed by atoms with van der Waals surface area (Å²) in [4.78, 5) is 7.05. The number of unbranched alkanes of at least 4 members (excludes halogenated alkanes) is 10. The van der Waals surface area contributed by atoms with Gasteiger partial charge in [0.2, 0.25) is 0 Å². The molecule has 0 unspecified atom stereocenters. The summed E-state index contributed by atoms with van der Waals surface area (Å²) in [5.74, 6) is 0. The predicted octanol–water partition coefficient (Wildman–Crippen LogP) is 10.2. The molecule has 0 spiro atoms. The number of aromatic nitrogens is 1. The van der Waals surface area contributed by atoms with Gasteiger partial charge in [-0.15, -0.1) is 0 Å². The van der Waals surface area contributed by atoms with Gasteiger partial charge in [-0.1, -0.05) is 101 Å². The van der Waals surface area contributed by atoms with E-state index in [0.29, 0.717) is 0 Å². The van der Waals surface area contributed by atoms with Gasteiger partial charge in [0.15, 0.2) is 0 Å². The summed E-state index contributed by atoms with van der Waals surface area (Å²) in [5, 5.41) is 7.79. The van der Waals surface area contributed by atoms with Crippen LogP contribution in [0.15, 0.2) is 30.5 Å². The van der Waals surface area contributed by atoms with Gasteiger partial charge in [0.05, 0.1) is 5.52 Å². The first kappa shape index (κ1) is 31.9. The van der Waals surface area contributed by atoms with Gasteiger partial charge in [-0.05, 0) is 82.4 Å². The van der Waals surface area contributed by atoms with Crippen molar-refractivity contribution in [3.63, 3.8) is 0 Å². The average molecular weight is 646 g/mol. The highest BCUT2D eigenvalue weighted by Crippen LogP contribution is 2.24. The van der Waals surface area contributed by atoms with Crippen LogP contribution in [0.1, 0.15) is 96.3 Å². The Bertz CT molecular complexity index is 791. The minimum atomic E-state index is 0.738. The molecule has 1 saturated heterocycles. The maximum absolute atomic E-state index is 6.05. The quantitative estimate of drug-likeness (QED) is 0.137. The molecule has 0 saturated carbocycles. The fourth-order valence-corrected chi connectivity index (χ4v) is 5.70. The molecule has 3 rings (SSSR count). The molecule has 0 radical (unpaired) electrons. The molecule has 36 heavy (non-hydrogen) atoms. The Kier molecular flexibility index (Phi) is 19.1. The van der Waals surface area contributed by atoms with E-state index in [1.807, 2.05) is 18.3 Å². The highest BCUT2D eigenvalue weighted by molar-refractivity contribution is 9.09. The molecule has 1 aromatic heterocycles.